The number of carbonyl (C=O) groups is 1. The van der Waals surface area contributed by atoms with E-state index in [4.69, 9.17) is 9.47 Å². The van der Waals surface area contributed by atoms with Gasteiger partial charge in [0.05, 0.1) is 20.1 Å². The van der Waals surface area contributed by atoms with E-state index in [1.807, 2.05) is 29.2 Å². The summed E-state index contributed by atoms with van der Waals surface area (Å²) in [6, 6.07) is 18.1. The lowest BCUT2D eigenvalue weighted by molar-refractivity contribution is -0.133. The maximum Gasteiger partial charge on any atom is 0.225 e. The van der Waals surface area contributed by atoms with Crippen LogP contribution in [0.4, 0.5) is 0 Å². The lowest BCUT2D eigenvalue weighted by Crippen LogP contribution is -2.39. The molecule has 4 heteroatoms. The highest BCUT2D eigenvalue weighted by Gasteiger charge is 2.22. The van der Waals surface area contributed by atoms with Crippen molar-refractivity contribution < 1.29 is 14.3 Å². The summed E-state index contributed by atoms with van der Waals surface area (Å²) in [5.74, 6) is 2.23. The van der Waals surface area contributed by atoms with Gasteiger partial charge in [0.2, 0.25) is 5.91 Å². The summed E-state index contributed by atoms with van der Waals surface area (Å²) in [7, 11) is 1.62. The molecule has 0 aromatic heterocycles. The molecule has 1 aliphatic heterocycles. The third-order valence-electron chi connectivity index (χ3n) is 4.98. The van der Waals surface area contributed by atoms with Crippen LogP contribution in [0, 0.1) is 5.92 Å². The van der Waals surface area contributed by atoms with Gasteiger partial charge in [-0.25, -0.2) is 0 Å². The van der Waals surface area contributed by atoms with Gasteiger partial charge in [-0.15, -0.1) is 0 Å². The number of ether oxygens (including phenoxy) is 2. The van der Waals surface area contributed by atoms with E-state index in [1.54, 1.807) is 7.11 Å². The topological polar surface area (TPSA) is 38.8 Å². The van der Waals surface area contributed by atoms with E-state index >= 15 is 0 Å². The lowest BCUT2D eigenvalue weighted by Gasteiger charge is -2.32. The highest BCUT2D eigenvalue weighted by molar-refractivity contribution is 5.76. The van der Waals surface area contributed by atoms with Crippen molar-refractivity contribution in [2.24, 2.45) is 5.92 Å². The van der Waals surface area contributed by atoms with Crippen molar-refractivity contribution in [2.75, 3.05) is 26.8 Å². The number of likely N-dealkylation sites (tertiary alicyclic amines) is 1. The Balaban J connectivity index is 1.39. The molecular formula is C22H27NO3. The summed E-state index contributed by atoms with van der Waals surface area (Å²) in [6.07, 6.45) is 3.67. The molecule has 0 radical (unpaired) electrons. The van der Waals surface area contributed by atoms with Gasteiger partial charge in [0, 0.05) is 13.1 Å². The first kappa shape index (κ1) is 18.3. The van der Waals surface area contributed by atoms with Crippen LogP contribution in [0.1, 0.15) is 24.8 Å². The van der Waals surface area contributed by atoms with Gasteiger partial charge in [-0.1, -0.05) is 42.5 Å². The molecule has 1 fully saturated rings. The lowest BCUT2D eigenvalue weighted by atomic mass is 9.90. The Bertz CT molecular complexity index is 694. The number of amides is 1. The summed E-state index contributed by atoms with van der Waals surface area (Å²) in [4.78, 5) is 14.4. The largest absolute Gasteiger partial charge is 0.493 e. The fourth-order valence-electron chi connectivity index (χ4n) is 3.48. The van der Waals surface area contributed by atoms with Gasteiger partial charge in [-0.3, -0.25) is 4.79 Å². The summed E-state index contributed by atoms with van der Waals surface area (Å²) in [6.45, 7) is 2.08. The second kappa shape index (κ2) is 9.27. The minimum Gasteiger partial charge on any atom is -0.493 e. The van der Waals surface area contributed by atoms with Crippen molar-refractivity contribution in [2.45, 2.75) is 25.7 Å². The number of rotatable bonds is 7. The number of nitrogens with zero attached hydrogens (tertiary/aromatic N) is 1. The van der Waals surface area contributed by atoms with Gasteiger partial charge in [0.25, 0.3) is 0 Å². The molecule has 1 saturated heterocycles. The zero-order valence-corrected chi connectivity index (χ0v) is 15.4. The molecule has 0 atom stereocenters. The van der Waals surface area contributed by atoms with Crippen LogP contribution < -0.4 is 9.47 Å². The van der Waals surface area contributed by atoms with Crippen LogP contribution in [0.2, 0.25) is 0 Å². The number of carbonyl (C=O) groups excluding carboxylic acids is 1. The third-order valence-corrected chi connectivity index (χ3v) is 4.98. The van der Waals surface area contributed by atoms with Crippen LogP contribution in [0.15, 0.2) is 54.6 Å². The molecule has 0 bridgehead atoms. The first-order valence-electron chi connectivity index (χ1n) is 9.34. The first-order chi connectivity index (χ1) is 12.8. The number of methoxy groups -OCH3 is 1. The SMILES string of the molecule is COc1ccccc1OCCC(=O)N1CCC(Cc2ccccc2)CC1. The maximum atomic E-state index is 12.4. The van der Waals surface area contributed by atoms with Crippen LogP contribution in [-0.4, -0.2) is 37.6 Å². The molecule has 2 aromatic rings. The zero-order chi connectivity index (χ0) is 18.2. The van der Waals surface area contributed by atoms with E-state index < -0.39 is 0 Å². The van der Waals surface area contributed by atoms with Crippen LogP contribution >= 0.6 is 0 Å². The molecule has 1 amide bonds. The van der Waals surface area contributed by atoms with Crippen LogP contribution in [0.3, 0.4) is 0 Å². The summed E-state index contributed by atoms with van der Waals surface area (Å²) >= 11 is 0. The Hall–Kier alpha value is -2.49. The summed E-state index contributed by atoms with van der Waals surface area (Å²) < 4.78 is 11.0. The van der Waals surface area contributed by atoms with E-state index in [1.165, 1.54) is 5.56 Å². The predicted molar refractivity (Wildman–Crippen MR) is 103 cm³/mol. The Kier molecular flexibility index (Phi) is 6.53. The van der Waals surface area contributed by atoms with Crippen LogP contribution in [0.25, 0.3) is 0 Å². The molecule has 26 heavy (non-hydrogen) atoms. The van der Waals surface area contributed by atoms with Gasteiger partial charge >= 0.3 is 0 Å². The van der Waals surface area contributed by atoms with Crippen molar-refractivity contribution in [3.63, 3.8) is 0 Å². The molecule has 138 valence electrons. The van der Waals surface area contributed by atoms with Gasteiger partial charge < -0.3 is 14.4 Å². The Labute approximate surface area is 155 Å². The van der Waals surface area contributed by atoms with Crippen LogP contribution in [0.5, 0.6) is 11.5 Å². The fraction of sp³-hybridized carbons (Fsp3) is 0.409. The second-order valence-electron chi connectivity index (χ2n) is 6.76. The Morgan fingerprint density at radius 3 is 2.35 bits per heavy atom. The van der Waals surface area contributed by atoms with Gasteiger partial charge in [-0.2, -0.15) is 0 Å². The smallest absolute Gasteiger partial charge is 0.225 e. The molecule has 0 unspecified atom stereocenters. The van der Waals surface area contributed by atoms with Crippen LogP contribution in [-0.2, 0) is 11.2 Å². The fourth-order valence-corrected chi connectivity index (χ4v) is 3.48. The van der Waals surface area contributed by atoms with Crippen molar-refractivity contribution >= 4 is 5.91 Å². The van der Waals surface area contributed by atoms with E-state index in [0.29, 0.717) is 30.4 Å². The molecule has 0 N–H and O–H groups in total. The highest BCUT2D eigenvalue weighted by atomic mass is 16.5. The number of hydrogen-bond donors (Lipinski definition) is 0. The van der Waals surface area contributed by atoms with Crippen molar-refractivity contribution in [1.82, 2.24) is 4.90 Å². The number of para-hydroxylation sites is 2. The predicted octanol–water partition coefficient (Wildman–Crippen LogP) is 3.95. The minimum atomic E-state index is 0.179. The molecule has 3 rings (SSSR count). The van der Waals surface area contributed by atoms with Crippen molar-refractivity contribution in [3.8, 4) is 11.5 Å². The zero-order valence-electron chi connectivity index (χ0n) is 15.4. The van der Waals surface area contributed by atoms with Crippen molar-refractivity contribution in [3.05, 3.63) is 60.2 Å². The molecule has 4 nitrogen and oxygen atoms in total. The maximum absolute atomic E-state index is 12.4. The van der Waals surface area contributed by atoms with E-state index in [2.05, 4.69) is 30.3 Å². The third kappa shape index (κ3) is 5.01. The summed E-state index contributed by atoms with van der Waals surface area (Å²) in [5, 5.41) is 0. The monoisotopic (exact) mass is 353 g/mol. The molecule has 1 heterocycles. The van der Waals surface area contributed by atoms with E-state index in [0.717, 1.165) is 32.4 Å². The average Bonchev–Trinajstić information content (AvgIpc) is 2.69. The standard InChI is InChI=1S/C22H27NO3/c1-25-20-9-5-6-10-21(20)26-16-13-22(24)23-14-11-19(12-15-23)17-18-7-3-2-4-8-18/h2-10,19H,11-17H2,1H3. The summed E-state index contributed by atoms with van der Waals surface area (Å²) in [5.41, 5.74) is 1.39. The molecule has 0 saturated carbocycles. The number of piperidine rings is 1. The molecule has 0 spiro atoms. The number of benzene rings is 2. The molecule has 1 aliphatic rings. The number of hydrogen-bond acceptors (Lipinski definition) is 3. The van der Waals surface area contributed by atoms with E-state index in [-0.39, 0.29) is 5.91 Å². The molecule has 0 aliphatic carbocycles. The Morgan fingerprint density at radius 2 is 1.65 bits per heavy atom. The minimum absolute atomic E-state index is 0.179. The van der Waals surface area contributed by atoms with Gasteiger partial charge in [0.15, 0.2) is 11.5 Å². The van der Waals surface area contributed by atoms with Gasteiger partial charge in [0.1, 0.15) is 0 Å². The first-order valence-corrected chi connectivity index (χ1v) is 9.34. The van der Waals surface area contributed by atoms with Crippen molar-refractivity contribution in [1.29, 1.82) is 0 Å². The Morgan fingerprint density at radius 1 is 1.00 bits per heavy atom. The quantitative estimate of drug-likeness (QED) is 0.757. The molecular weight excluding hydrogens is 326 g/mol. The molecule has 2 aromatic carbocycles. The highest BCUT2D eigenvalue weighted by Crippen LogP contribution is 2.26. The second-order valence-corrected chi connectivity index (χ2v) is 6.76. The van der Waals surface area contributed by atoms with Gasteiger partial charge in [-0.05, 0) is 42.9 Å². The van der Waals surface area contributed by atoms with E-state index in [9.17, 15) is 4.79 Å². The average molecular weight is 353 g/mol. The normalized spacial score (nSPS) is 14.9.